The number of nitrogens with one attached hydrogen (secondary N) is 1. The van der Waals surface area contributed by atoms with Crippen LogP contribution in [0.4, 0.5) is 9.18 Å². The molecule has 1 aliphatic heterocycles. The lowest BCUT2D eigenvalue weighted by Crippen LogP contribution is -2.43. The maximum absolute atomic E-state index is 13.3. The minimum atomic E-state index is -1.27. The van der Waals surface area contributed by atoms with E-state index in [0.717, 1.165) is 9.37 Å². The maximum atomic E-state index is 13.3. The van der Waals surface area contributed by atoms with Gasteiger partial charge in [0.15, 0.2) is 0 Å². The Balaban J connectivity index is 1.75. The highest BCUT2D eigenvalue weighted by molar-refractivity contribution is 9.10. The Kier molecular flexibility index (Phi) is 4.74. The lowest BCUT2D eigenvalue weighted by Gasteiger charge is -2.25. The fourth-order valence-corrected chi connectivity index (χ4v) is 3.99. The summed E-state index contributed by atoms with van der Waals surface area (Å²) < 4.78 is 19.3. The van der Waals surface area contributed by atoms with E-state index in [1.807, 2.05) is 0 Å². The van der Waals surface area contributed by atoms with Crippen LogP contribution < -0.4 is 10.9 Å². The third-order valence-corrected chi connectivity index (χ3v) is 5.66. The molecule has 0 radical (unpaired) electrons. The molecule has 1 unspecified atom stereocenters. The van der Waals surface area contributed by atoms with Crippen LogP contribution in [0.2, 0.25) is 0 Å². The normalized spacial score (nSPS) is 19.1. The summed E-state index contributed by atoms with van der Waals surface area (Å²) >= 11 is 3.33. The molecule has 29 heavy (non-hydrogen) atoms. The molecule has 2 heterocycles. The molecule has 3 amide bonds. The largest absolute Gasteiger partial charge is 0.423 e. The molecule has 1 aliphatic rings. The van der Waals surface area contributed by atoms with Gasteiger partial charge in [-0.05, 0) is 47.9 Å². The number of halogens is 2. The molecule has 0 bridgehead atoms. The predicted molar refractivity (Wildman–Crippen MR) is 108 cm³/mol. The summed E-state index contributed by atoms with van der Waals surface area (Å²) in [5.41, 5.74) is -0.489. The smallest absolute Gasteiger partial charge is 0.336 e. The third kappa shape index (κ3) is 3.23. The second kappa shape index (κ2) is 7.11. The average Bonchev–Trinajstić information content (AvgIpc) is 2.93. The Labute approximate surface area is 173 Å². The van der Waals surface area contributed by atoms with Crippen LogP contribution in [0.1, 0.15) is 24.5 Å². The van der Waals surface area contributed by atoms with Crippen molar-refractivity contribution in [1.82, 2.24) is 10.2 Å². The number of urea groups is 1. The van der Waals surface area contributed by atoms with Crippen LogP contribution in [-0.2, 0) is 16.9 Å². The van der Waals surface area contributed by atoms with Crippen molar-refractivity contribution in [3.8, 4) is 0 Å². The second-order valence-electron chi connectivity index (χ2n) is 6.82. The zero-order valence-corrected chi connectivity index (χ0v) is 17.0. The van der Waals surface area contributed by atoms with Gasteiger partial charge in [-0.15, -0.1) is 0 Å². The fourth-order valence-electron chi connectivity index (χ4n) is 3.65. The van der Waals surface area contributed by atoms with Crippen LogP contribution in [0.15, 0.2) is 62.2 Å². The molecule has 1 N–H and O–H groups in total. The first-order valence-electron chi connectivity index (χ1n) is 8.96. The Morgan fingerprint density at radius 3 is 2.52 bits per heavy atom. The van der Waals surface area contributed by atoms with Crippen LogP contribution in [-0.4, -0.2) is 16.8 Å². The van der Waals surface area contributed by atoms with Gasteiger partial charge < -0.3 is 9.73 Å². The standard InChI is InChI=1S/C21H16BrFN2O4/c1-2-21(13-3-6-15(23)7-4-13)19(27)25(20(28)24-21)11-12-9-18(26)29-17-10-14(22)5-8-16(12)17/h3-10H,2,11H2,1H3,(H,24,28). The van der Waals surface area contributed by atoms with E-state index in [9.17, 15) is 18.8 Å². The number of carbonyl (C=O) groups excluding carboxylic acids is 2. The molecule has 0 aliphatic carbocycles. The quantitative estimate of drug-likeness (QED) is 0.472. The molecule has 0 saturated carbocycles. The minimum Gasteiger partial charge on any atom is -0.423 e. The van der Waals surface area contributed by atoms with E-state index in [2.05, 4.69) is 21.2 Å². The van der Waals surface area contributed by atoms with E-state index in [-0.39, 0.29) is 6.54 Å². The molecule has 1 fully saturated rings. The summed E-state index contributed by atoms with van der Waals surface area (Å²) in [4.78, 5) is 39.0. The molecule has 1 aromatic heterocycles. The number of rotatable bonds is 4. The Morgan fingerprint density at radius 1 is 1.10 bits per heavy atom. The van der Waals surface area contributed by atoms with E-state index < -0.39 is 28.9 Å². The zero-order valence-electron chi connectivity index (χ0n) is 15.4. The molecule has 4 rings (SSSR count). The Morgan fingerprint density at radius 2 is 1.83 bits per heavy atom. The van der Waals surface area contributed by atoms with E-state index in [1.165, 1.54) is 30.3 Å². The summed E-state index contributed by atoms with van der Waals surface area (Å²) in [6, 6.07) is 11.4. The minimum absolute atomic E-state index is 0.0860. The number of benzene rings is 2. The van der Waals surface area contributed by atoms with Crippen molar-refractivity contribution < 1.29 is 18.4 Å². The highest BCUT2D eigenvalue weighted by Crippen LogP contribution is 2.34. The van der Waals surface area contributed by atoms with E-state index in [4.69, 9.17) is 4.42 Å². The number of amides is 3. The number of hydrogen-bond acceptors (Lipinski definition) is 4. The summed E-state index contributed by atoms with van der Waals surface area (Å²) in [5.74, 6) is -0.877. The highest BCUT2D eigenvalue weighted by atomic mass is 79.9. The highest BCUT2D eigenvalue weighted by Gasteiger charge is 2.51. The molecule has 6 nitrogen and oxygen atoms in total. The van der Waals surface area contributed by atoms with Crippen molar-refractivity contribution in [2.24, 2.45) is 0 Å². The molecule has 2 aromatic carbocycles. The second-order valence-corrected chi connectivity index (χ2v) is 7.73. The van der Waals surface area contributed by atoms with Crippen LogP contribution in [0.5, 0.6) is 0 Å². The van der Waals surface area contributed by atoms with Crippen LogP contribution in [0.25, 0.3) is 11.0 Å². The predicted octanol–water partition coefficient (Wildman–Crippen LogP) is 4.05. The number of fused-ring (bicyclic) bond motifs is 1. The maximum Gasteiger partial charge on any atom is 0.336 e. The molecule has 1 atom stereocenters. The van der Waals surface area contributed by atoms with Gasteiger partial charge in [0.1, 0.15) is 16.9 Å². The summed E-state index contributed by atoms with van der Waals surface area (Å²) in [6.07, 6.45) is 0.296. The monoisotopic (exact) mass is 458 g/mol. The molecule has 148 valence electrons. The van der Waals surface area contributed by atoms with Crippen molar-refractivity contribution in [1.29, 1.82) is 0 Å². The van der Waals surface area contributed by atoms with Gasteiger partial charge in [0.05, 0.1) is 6.54 Å². The van der Waals surface area contributed by atoms with Crippen LogP contribution in [0, 0.1) is 5.82 Å². The summed E-state index contributed by atoms with van der Waals surface area (Å²) in [7, 11) is 0. The van der Waals surface area contributed by atoms with Gasteiger partial charge in [0.2, 0.25) is 0 Å². The van der Waals surface area contributed by atoms with E-state index in [1.54, 1.807) is 25.1 Å². The van der Waals surface area contributed by atoms with Crippen molar-refractivity contribution in [2.75, 3.05) is 0 Å². The lowest BCUT2D eigenvalue weighted by atomic mass is 9.87. The average molecular weight is 459 g/mol. The van der Waals surface area contributed by atoms with Crippen molar-refractivity contribution in [3.05, 3.63) is 80.4 Å². The van der Waals surface area contributed by atoms with Gasteiger partial charge >= 0.3 is 11.7 Å². The molecular formula is C21H16BrFN2O4. The number of carbonyl (C=O) groups is 2. The van der Waals surface area contributed by atoms with Gasteiger partial charge in [-0.2, -0.15) is 0 Å². The first kappa shape index (κ1) is 19.3. The summed E-state index contributed by atoms with van der Waals surface area (Å²) in [6.45, 7) is 1.69. The van der Waals surface area contributed by atoms with Gasteiger partial charge in [-0.25, -0.2) is 14.0 Å². The van der Waals surface area contributed by atoms with Gasteiger partial charge in [-0.3, -0.25) is 9.69 Å². The SMILES string of the molecule is CCC1(c2ccc(F)cc2)NC(=O)N(Cc2cc(=O)oc3cc(Br)ccc23)C1=O. The molecule has 0 spiro atoms. The van der Waals surface area contributed by atoms with Crippen LogP contribution >= 0.6 is 15.9 Å². The van der Waals surface area contributed by atoms with Gasteiger partial charge in [-0.1, -0.05) is 35.0 Å². The fraction of sp³-hybridized carbons (Fsp3) is 0.190. The van der Waals surface area contributed by atoms with Crippen molar-refractivity contribution in [3.63, 3.8) is 0 Å². The van der Waals surface area contributed by atoms with Gasteiger partial charge in [0.25, 0.3) is 5.91 Å². The van der Waals surface area contributed by atoms with Crippen molar-refractivity contribution >= 4 is 38.8 Å². The summed E-state index contributed by atoms with van der Waals surface area (Å²) in [5, 5.41) is 3.38. The molecule has 3 aromatic rings. The topological polar surface area (TPSA) is 79.6 Å². The Hall–Kier alpha value is -3.00. The Bertz CT molecular complexity index is 1190. The first-order valence-corrected chi connectivity index (χ1v) is 9.76. The first-order chi connectivity index (χ1) is 13.8. The lowest BCUT2D eigenvalue weighted by molar-refractivity contribution is -0.132. The van der Waals surface area contributed by atoms with Gasteiger partial charge in [0, 0.05) is 15.9 Å². The number of nitrogens with zero attached hydrogens (tertiary/aromatic N) is 1. The van der Waals surface area contributed by atoms with Crippen LogP contribution in [0.3, 0.4) is 0 Å². The zero-order chi connectivity index (χ0) is 20.8. The van der Waals surface area contributed by atoms with E-state index in [0.29, 0.717) is 28.5 Å². The number of imide groups is 1. The molecule has 1 saturated heterocycles. The molecular weight excluding hydrogens is 443 g/mol. The van der Waals surface area contributed by atoms with Crippen molar-refractivity contribution in [2.45, 2.75) is 25.4 Å². The number of hydrogen-bond donors (Lipinski definition) is 1. The molecule has 8 heteroatoms. The van der Waals surface area contributed by atoms with E-state index >= 15 is 0 Å². The third-order valence-electron chi connectivity index (χ3n) is 5.16.